The van der Waals surface area contributed by atoms with Crippen molar-refractivity contribution in [1.29, 1.82) is 0 Å². The van der Waals surface area contributed by atoms with E-state index in [9.17, 15) is 9.59 Å². The van der Waals surface area contributed by atoms with Crippen molar-refractivity contribution < 1.29 is 19.1 Å². The van der Waals surface area contributed by atoms with Crippen molar-refractivity contribution in [3.63, 3.8) is 0 Å². The Morgan fingerprint density at radius 1 is 1.04 bits per heavy atom. The van der Waals surface area contributed by atoms with E-state index in [2.05, 4.69) is 5.32 Å². The minimum atomic E-state index is -0.544. The van der Waals surface area contributed by atoms with Crippen LogP contribution in [-0.4, -0.2) is 37.2 Å². The fraction of sp³-hybridized carbons (Fsp3) is 0.238. The summed E-state index contributed by atoms with van der Waals surface area (Å²) in [5, 5.41) is 2.86. The maximum absolute atomic E-state index is 12.7. The molecule has 6 heteroatoms. The van der Waals surface area contributed by atoms with Crippen molar-refractivity contribution >= 4 is 12.0 Å². The summed E-state index contributed by atoms with van der Waals surface area (Å²) in [5.74, 6) is 0.251. The summed E-state index contributed by atoms with van der Waals surface area (Å²) in [6.45, 7) is 2.11. The lowest BCUT2D eigenvalue weighted by Gasteiger charge is -2.33. The number of para-hydroxylation sites is 1. The first-order valence-electron chi connectivity index (χ1n) is 8.73. The fourth-order valence-electron chi connectivity index (χ4n) is 2.88. The highest BCUT2D eigenvalue weighted by Crippen LogP contribution is 2.30. The summed E-state index contributed by atoms with van der Waals surface area (Å²) in [6, 6.07) is 17.9. The molecule has 0 aromatic heterocycles. The van der Waals surface area contributed by atoms with E-state index in [1.807, 2.05) is 60.7 Å². The van der Waals surface area contributed by atoms with Crippen molar-refractivity contribution in [2.75, 3.05) is 20.3 Å². The molecule has 140 valence electrons. The maximum atomic E-state index is 12.7. The zero-order chi connectivity index (χ0) is 19.2. The quantitative estimate of drug-likeness (QED) is 0.629. The summed E-state index contributed by atoms with van der Waals surface area (Å²) < 4.78 is 11.0. The SMILES string of the molecule is CC1=C(C(=O)OCCOc2ccccc2)[C@@H](c2ccccc2)NC(=O)N1C. The Labute approximate surface area is 158 Å². The van der Waals surface area contributed by atoms with Gasteiger partial charge in [-0.2, -0.15) is 0 Å². The molecule has 1 N–H and O–H groups in total. The van der Waals surface area contributed by atoms with Crippen molar-refractivity contribution in [1.82, 2.24) is 10.2 Å². The predicted octanol–water partition coefficient (Wildman–Crippen LogP) is 3.28. The molecule has 0 saturated heterocycles. The second-order valence-electron chi connectivity index (χ2n) is 6.15. The number of hydrogen-bond donors (Lipinski definition) is 1. The fourth-order valence-corrected chi connectivity index (χ4v) is 2.88. The van der Waals surface area contributed by atoms with Crippen LogP contribution in [0.1, 0.15) is 18.5 Å². The molecule has 2 amide bonds. The van der Waals surface area contributed by atoms with Crippen LogP contribution in [-0.2, 0) is 9.53 Å². The largest absolute Gasteiger partial charge is 0.490 e. The second-order valence-corrected chi connectivity index (χ2v) is 6.15. The maximum Gasteiger partial charge on any atom is 0.338 e. The monoisotopic (exact) mass is 366 g/mol. The summed E-state index contributed by atoms with van der Waals surface area (Å²) >= 11 is 0. The van der Waals surface area contributed by atoms with Crippen molar-refractivity contribution in [2.24, 2.45) is 0 Å². The van der Waals surface area contributed by atoms with Gasteiger partial charge < -0.3 is 19.7 Å². The van der Waals surface area contributed by atoms with Crippen LogP contribution in [0.3, 0.4) is 0 Å². The molecule has 0 saturated carbocycles. The number of nitrogens with one attached hydrogen (secondary N) is 1. The average Bonchev–Trinajstić information content (AvgIpc) is 2.70. The topological polar surface area (TPSA) is 67.9 Å². The molecule has 2 aromatic carbocycles. The van der Waals surface area contributed by atoms with Gasteiger partial charge in [-0.3, -0.25) is 0 Å². The van der Waals surface area contributed by atoms with Crippen LogP contribution >= 0.6 is 0 Å². The zero-order valence-corrected chi connectivity index (χ0v) is 15.3. The van der Waals surface area contributed by atoms with Gasteiger partial charge in [-0.1, -0.05) is 48.5 Å². The Morgan fingerprint density at radius 2 is 1.67 bits per heavy atom. The highest BCUT2D eigenvalue weighted by molar-refractivity contribution is 5.94. The molecule has 27 heavy (non-hydrogen) atoms. The van der Waals surface area contributed by atoms with Crippen molar-refractivity contribution in [3.8, 4) is 5.75 Å². The van der Waals surface area contributed by atoms with E-state index >= 15 is 0 Å². The Morgan fingerprint density at radius 3 is 2.33 bits per heavy atom. The van der Waals surface area contributed by atoms with Crippen LogP contribution in [0.25, 0.3) is 0 Å². The van der Waals surface area contributed by atoms with Crippen molar-refractivity contribution in [3.05, 3.63) is 77.5 Å². The standard InChI is InChI=1S/C21H22N2O4/c1-15-18(20(24)27-14-13-26-17-11-7-4-8-12-17)19(22-21(25)23(15)2)16-9-5-3-6-10-16/h3-12,19H,13-14H2,1-2H3,(H,22,25)/t19-/m1/s1. The van der Waals surface area contributed by atoms with Gasteiger partial charge in [0, 0.05) is 12.7 Å². The first-order valence-corrected chi connectivity index (χ1v) is 8.73. The molecule has 0 bridgehead atoms. The zero-order valence-electron chi connectivity index (χ0n) is 15.3. The molecule has 0 unspecified atom stereocenters. The number of esters is 1. The Kier molecular flexibility index (Phi) is 5.76. The first-order chi connectivity index (χ1) is 13.1. The summed E-state index contributed by atoms with van der Waals surface area (Å²) in [5.41, 5.74) is 1.82. The minimum absolute atomic E-state index is 0.115. The predicted molar refractivity (Wildman–Crippen MR) is 101 cm³/mol. The number of allylic oxidation sites excluding steroid dienone is 1. The van der Waals surface area contributed by atoms with Gasteiger partial charge in [0.05, 0.1) is 11.6 Å². The molecular weight excluding hydrogens is 344 g/mol. The van der Waals surface area contributed by atoms with E-state index in [0.717, 1.165) is 11.3 Å². The van der Waals surface area contributed by atoms with Crippen LogP contribution < -0.4 is 10.1 Å². The van der Waals surface area contributed by atoms with Gasteiger partial charge in [-0.15, -0.1) is 0 Å². The highest BCUT2D eigenvalue weighted by Gasteiger charge is 2.34. The number of carbonyl (C=O) groups is 2. The number of ether oxygens (including phenoxy) is 2. The molecule has 1 aliphatic heterocycles. The molecule has 1 heterocycles. The van der Waals surface area contributed by atoms with Gasteiger partial charge in [0.25, 0.3) is 0 Å². The van der Waals surface area contributed by atoms with Crippen LogP contribution in [0, 0.1) is 0 Å². The van der Waals surface area contributed by atoms with Gasteiger partial charge in [0.1, 0.15) is 19.0 Å². The molecule has 3 rings (SSSR count). The molecule has 0 spiro atoms. The Bertz CT molecular complexity index is 834. The Balaban J connectivity index is 1.70. The number of amides is 2. The average molecular weight is 366 g/mol. The lowest BCUT2D eigenvalue weighted by molar-refractivity contribution is -0.140. The number of urea groups is 1. The first kappa shape index (κ1) is 18.5. The van der Waals surface area contributed by atoms with E-state index in [1.165, 1.54) is 4.90 Å². The third kappa shape index (κ3) is 4.28. The molecule has 1 atom stereocenters. The van der Waals surface area contributed by atoms with E-state index in [-0.39, 0.29) is 19.2 Å². The van der Waals surface area contributed by atoms with E-state index < -0.39 is 12.0 Å². The van der Waals surface area contributed by atoms with E-state index in [0.29, 0.717) is 11.3 Å². The van der Waals surface area contributed by atoms with Gasteiger partial charge in [0.15, 0.2) is 0 Å². The normalized spacial score (nSPS) is 16.7. The molecule has 2 aromatic rings. The lowest BCUT2D eigenvalue weighted by Crippen LogP contribution is -2.46. The lowest BCUT2D eigenvalue weighted by atomic mass is 9.95. The number of carbonyl (C=O) groups excluding carboxylic acids is 2. The summed E-state index contributed by atoms with van der Waals surface area (Å²) in [7, 11) is 1.62. The van der Waals surface area contributed by atoms with E-state index in [4.69, 9.17) is 9.47 Å². The Hall–Kier alpha value is -3.28. The summed E-state index contributed by atoms with van der Waals surface area (Å²) in [6.07, 6.45) is 0. The number of benzene rings is 2. The smallest absolute Gasteiger partial charge is 0.338 e. The van der Waals surface area contributed by atoms with Gasteiger partial charge in [0.2, 0.25) is 0 Å². The van der Waals surface area contributed by atoms with Crippen LogP contribution in [0.5, 0.6) is 5.75 Å². The third-order valence-electron chi connectivity index (χ3n) is 4.44. The second kappa shape index (κ2) is 8.40. The molecule has 0 fully saturated rings. The summed E-state index contributed by atoms with van der Waals surface area (Å²) in [4.78, 5) is 26.3. The number of hydrogen-bond acceptors (Lipinski definition) is 4. The minimum Gasteiger partial charge on any atom is -0.490 e. The molecule has 1 aliphatic rings. The number of nitrogens with zero attached hydrogens (tertiary/aromatic N) is 1. The van der Waals surface area contributed by atoms with Crippen LogP contribution in [0.2, 0.25) is 0 Å². The van der Waals surface area contributed by atoms with Crippen molar-refractivity contribution in [2.45, 2.75) is 13.0 Å². The molecular formula is C21H22N2O4. The van der Waals surface area contributed by atoms with E-state index in [1.54, 1.807) is 14.0 Å². The highest BCUT2D eigenvalue weighted by atomic mass is 16.6. The molecule has 0 aliphatic carbocycles. The van der Waals surface area contributed by atoms with Gasteiger partial charge in [-0.25, -0.2) is 9.59 Å². The van der Waals surface area contributed by atoms with Crippen LogP contribution in [0.4, 0.5) is 4.79 Å². The number of rotatable bonds is 6. The molecule has 0 radical (unpaired) electrons. The van der Waals surface area contributed by atoms with Gasteiger partial charge in [-0.05, 0) is 24.6 Å². The molecule has 6 nitrogen and oxygen atoms in total. The van der Waals surface area contributed by atoms with Gasteiger partial charge >= 0.3 is 12.0 Å². The van der Waals surface area contributed by atoms with Crippen LogP contribution in [0.15, 0.2) is 71.9 Å². The third-order valence-corrected chi connectivity index (χ3v) is 4.44.